The van der Waals surface area contributed by atoms with Gasteiger partial charge in [0.15, 0.2) is 0 Å². The number of carbonyl (C=O) groups excluding carboxylic acids is 2. The predicted octanol–water partition coefficient (Wildman–Crippen LogP) is 0.493. The molecule has 0 aliphatic heterocycles. The number of amides is 1. The number of ether oxygens (including phenoxy) is 1. The van der Waals surface area contributed by atoms with Gasteiger partial charge in [-0.25, -0.2) is 15.1 Å². The van der Waals surface area contributed by atoms with Crippen LogP contribution in [0.3, 0.4) is 0 Å². The van der Waals surface area contributed by atoms with Gasteiger partial charge in [0.2, 0.25) is 5.91 Å². The Morgan fingerprint density at radius 2 is 2.07 bits per heavy atom. The maximum atomic E-state index is 11.4. The molecule has 152 valence electrons. The van der Waals surface area contributed by atoms with E-state index in [4.69, 9.17) is 14.1 Å². The summed E-state index contributed by atoms with van der Waals surface area (Å²) in [6.45, 7) is 2.50. The molecule has 12 heteroatoms. The molecular formula is C16H21N5O6S. The normalized spacial score (nSPS) is 22.3. The zero-order valence-electron chi connectivity index (χ0n) is 15.4. The molecule has 0 unspecified atom stereocenters. The van der Waals surface area contributed by atoms with E-state index in [1.54, 1.807) is 6.07 Å². The first-order valence-electron chi connectivity index (χ1n) is 8.57. The van der Waals surface area contributed by atoms with E-state index >= 15 is 0 Å². The topological polar surface area (TPSA) is 155 Å². The molecule has 0 bridgehead atoms. The van der Waals surface area contributed by atoms with Gasteiger partial charge in [-0.1, -0.05) is 0 Å². The van der Waals surface area contributed by atoms with Gasteiger partial charge in [-0.3, -0.25) is 13.8 Å². The number of esters is 1. The quantitative estimate of drug-likeness (QED) is 0.651. The lowest BCUT2D eigenvalue weighted by molar-refractivity contribution is -0.148. The third kappa shape index (κ3) is 4.64. The Morgan fingerprint density at radius 3 is 2.71 bits per heavy atom. The summed E-state index contributed by atoms with van der Waals surface area (Å²) in [5.41, 5.74) is 0.610. The minimum absolute atomic E-state index is 0.115. The van der Waals surface area contributed by atoms with Gasteiger partial charge in [-0.05, 0) is 12.5 Å². The minimum Gasteiger partial charge on any atom is -0.462 e. The van der Waals surface area contributed by atoms with Crippen molar-refractivity contribution in [2.75, 3.05) is 11.9 Å². The van der Waals surface area contributed by atoms with Crippen molar-refractivity contribution in [1.82, 2.24) is 14.5 Å². The molecule has 2 aromatic heterocycles. The highest BCUT2D eigenvalue weighted by Gasteiger charge is 2.38. The lowest BCUT2D eigenvalue weighted by atomic mass is 10.1. The van der Waals surface area contributed by atoms with Crippen LogP contribution in [0.4, 0.5) is 5.82 Å². The van der Waals surface area contributed by atoms with Gasteiger partial charge in [0.1, 0.15) is 23.9 Å². The zero-order valence-corrected chi connectivity index (χ0v) is 16.2. The van der Waals surface area contributed by atoms with E-state index < -0.39 is 22.4 Å². The second-order valence-electron chi connectivity index (χ2n) is 6.67. The summed E-state index contributed by atoms with van der Waals surface area (Å²) in [5.74, 6) is -0.649. The van der Waals surface area contributed by atoms with Gasteiger partial charge < -0.3 is 14.6 Å². The maximum Gasteiger partial charge on any atom is 0.333 e. The summed E-state index contributed by atoms with van der Waals surface area (Å²) in [6, 6.07) is 1.67. The number of hydrogen-bond acceptors (Lipinski definition) is 8. The van der Waals surface area contributed by atoms with Crippen LogP contribution in [0, 0.1) is 5.92 Å². The molecule has 1 aliphatic carbocycles. The first kappa shape index (κ1) is 20.2. The summed E-state index contributed by atoms with van der Waals surface area (Å²) in [5, 5.41) is 8.24. The van der Waals surface area contributed by atoms with Crippen LogP contribution in [0.15, 0.2) is 18.6 Å². The average molecular weight is 411 g/mol. The molecule has 28 heavy (non-hydrogen) atoms. The van der Waals surface area contributed by atoms with Crippen molar-refractivity contribution in [2.45, 2.75) is 38.8 Å². The fourth-order valence-corrected chi connectivity index (χ4v) is 3.90. The SMILES string of the molecule is CC(=O)Nc1ncnc2c1ccn2[C@@H]1C[C@@H](COS(N)(=O)=O)[C@@H](OC(C)=O)C1. The molecule has 1 saturated carbocycles. The van der Waals surface area contributed by atoms with E-state index in [2.05, 4.69) is 15.3 Å². The summed E-state index contributed by atoms with van der Waals surface area (Å²) in [7, 11) is -4.09. The fraction of sp³-hybridized carbons (Fsp3) is 0.500. The van der Waals surface area contributed by atoms with E-state index in [-0.39, 0.29) is 24.5 Å². The first-order chi connectivity index (χ1) is 13.1. The van der Waals surface area contributed by atoms with Crippen LogP contribution in [0.1, 0.15) is 32.7 Å². The standard InChI is InChI=1S/C16H21N5O6S/c1-9(22)20-15-13-3-4-21(16(13)19-8-18-15)12-5-11(7-26-28(17,24)25)14(6-12)27-10(2)23/h3-4,8,11-12,14H,5-7H2,1-2H3,(H2,17,24,25)(H,18,19,20,22)/t11-,12+,14-/m0/s1. The minimum atomic E-state index is -4.09. The summed E-state index contributed by atoms with van der Waals surface area (Å²) >= 11 is 0. The van der Waals surface area contributed by atoms with Crippen LogP contribution in [0.5, 0.6) is 0 Å². The number of nitrogens with zero attached hydrogens (tertiary/aromatic N) is 3. The van der Waals surface area contributed by atoms with Gasteiger partial charge >= 0.3 is 16.3 Å². The largest absolute Gasteiger partial charge is 0.462 e. The molecule has 1 fully saturated rings. The number of rotatable bonds is 6. The van der Waals surface area contributed by atoms with Gasteiger partial charge in [0.05, 0.1) is 12.0 Å². The number of carbonyl (C=O) groups is 2. The number of aromatic nitrogens is 3. The smallest absolute Gasteiger partial charge is 0.333 e. The second kappa shape index (κ2) is 7.81. The van der Waals surface area contributed by atoms with Gasteiger partial charge in [0.25, 0.3) is 0 Å². The van der Waals surface area contributed by atoms with Crippen molar-refractivity contribution >= 4 is 39.0 Å². The molecule has 0 saturated heterocycles. The van der Waals surface area contributed by atoms with Crippen LogP contribution in [0.2, 0.25) is 0 Å². The van der Waals surface area contributed by atoms with E-state index in [0.29, 0.717) is 29.7 Å². The Hall–Kier alpha value is -2.57. The third-order valence-electron chi connectivity index (χ3n) is 4.57. The monoisotopic (exact) mass is 411 g/mol. The lowest BCUT2D eigenvalue weighted by Crippen LogP contribution is -2.27. The molecule has 1 aliphatic rings. The number of fused-ring (bicyclic) bond motifs is 1. The van der Waals surface area contributed by atoms with E-state index in [0.717, 1.165) is 0 Å². The van der Waals surface area contributed by atoms with Gasteiger partial charge in [-0.2, -0.15) is 8.42 Å². The molecular weight excluding hydrogens is 390 g/mol. The fourth-order valence-electron chi connectivity index (χ4n) is 3.53. The molecule has 3 N–H and O–H groups in total. The Morgan fingerprint density at radius 1 is 1.32 bits per heavy atom. The number of hydrogen-bond donors (Lipinski definition) is 2. The van der Waals surface area contributed by atoms with Crippen LogP contribution in [-0.4, -0.2) is 47.5 Å². The number of anilines is 1. The van der Waals surface area contributed by atoms with Crippen LogP contribution >= 0.6 is 0 Å². The Balaban J connectivity index is 1.87. The molecule has 11 nitrogen and oxygen atoms in total. The van der Waals surface area contributed by atoms with Crippen molar-refractivity contribution < 1.29 is 26.9 Å². The van der Waals surface area contributed by atoms with Crippen LogP contribution in [0.25, 0.3) is 11.0 Å². The summed E-state index contributed by atoms with van der Waals surface area (Å²) < 4.78 is 34.2. The molecule has 2 aromatic rings. The van der Waals surface area contributed by atoms with Gasteiger partial charge in [0, 0.05) is 38.4 Å². The molecule has 0 spiro atoms. The molecule has 0 aromatic carbocycles. The van der Waals surface area contributed by atoms with E-state index in [1.165, 1.54) is 20.2 Å². The number of nitrogens with two attached hydrogens (primary N) is 1. The summed E-state index contributed by atoms with van der Waals surface area (Å²) in [6.07, 6.45) is 3.60. The van der Waals surface area contributed by atoms with E-state index in [1.807, 2.05) is 10.8 Å². The summed E-state index contributed by atoms with van der Waals surface area (Å²) in [4.78, 5) is 31.2. The molecule has 0 radical (unpaired) electrons. The average Bonchev–Trinajstić information content (AvgIpc) is 3.15. The molecule has 3 atom stereocenters. The van der Waals surface area contributed by atoms with E-state index in [9.17, 15) is 18.0 Å². The van der Waals surface area contributed by atoms with Crippen LogP contribution in [-0.2, 0) is 28.8 Å². The molecule has 2 heterocycles. The highest BCUT2D eigenvalue weighted by molar-refractivity contribution is 7.84. The molecule has 1 amide bonds. The van der Waals surface area contributed by atoms with Crippen molar-refractivity contribution in [3.63, 3.8) is 0 Å². The van der Waals surface area contributed by atoms with Crippen molar-refractivity contribution in [1.29, 1.82) is 0 Å². The second-order valence-corrected chi connectivity index (χ2v) is 7.90. The Kier molecular flexibility index (Phi) is 5.63. The van der Waals surface area contributed by atoms with Crippen molar-refractivity contribution in [3.8, 4) is 0 Å². The molecule has 3 rings (SSSR count). The van der Waals surface area contributed by atoms with Crippen LogP contribution < -0.4 is 10.5 Å². The van der Waals surface area contributed by atoms with Gasteiger partial charge in [-0.15, -0.1) is 0 Å². The first-order valence-corrected chi connectivity index (χ1v) is 10.0. The van der Waals surface area contributed by atoms with Crippen molar-refractivity contribution in [3.05, 3.63) is 18.6 Å². The highest BCUT2D eigenvalue weighted by Crippen LogP contribution is 2.39. The Bertz CT molecular complexity index is 1000. The lowest BCUT2D eigenvalue weighted by Gasteiger charge is -2.18. The Labute approximate surface area is 161 Å². The number of nitrogens with one attached hydrogen (secondary N) is 1. The van der Waals surface area contributed by atoms with Crippen molar-refractivity contribution in [2.24, 2.45) is 11.1 Å². The third-order valence-corrected chi connectivity index (χ3v) is 5.03. The zero-order chi connectivity index (χ0) is 20.5. The highest BCUT2D eigenvalue weighted by atomic mass is 32.2. The maximum absolute atomic E-state index is 11.4. The predicted molar refractivity (Wildman–Crippen MR) is 98.2 cm³/mol.